The minimum atomic E-state index is -0.216. The first kappa shape index (κ1) is 21.8. The predicted octanol–water partition coefficient (Wildman–Crippen LogP) is 4.85. The number of rotatable bonds is 7. The molecule has 0 radical (unpaired) electrons. The number of pyridine rings is 1. The topological polar surface area (TPSA) is 71.8 Å². The molecule has 0 aliphatic rings. The van der Waals surface area contributed by atoms with Gasteiger partial charge in [-0.15, -0.1) is 0 Å². The van der Waals surface area contributed by atoms with E-state index in [1.165, 1.54) is 0 Å². The standard InChI is InChI=1S/C24H33N5O/c1-16(2)20-15-19(21-17(3)28-29(22(21)27-20)24(4,5)6)23(30)26-14-10-13-25-18-11-8-7-9-12-18/h7-9,11-12,15-16,25H,10,13-14H2,1-6H3,(H,26,30). The summed E-state index contributed by atoms with van der Waals surface area (Å²) in [6.45, 7) is 13.8. The van der Waals surface area contributed by atoms with Crippen molar-refractivity contribution in [1.29, 1.82) is 0 Å². The number of carbonyl (C=O) groups excluding carboxylic acids is 1. The molecule has 2 aromatic heterocycles. The lowest BCUT2D eigenvalue weighted by atomic mass is 10.0. The Morgan fingerprint density at radius 2 is 1.83 bits per heavy atom. The molecule has 2 N–H and O–H groups in total. The van der Waals surface area contributed by atoms with Crippen LogP contribution in [-0.2, 0) is 5.54 Å². The number of nitrogens with one attached hydrogen (secondary N) is 2. The van der Waals surface area contributed by atoms with Crippen LogP contribution in [0.25, 0.3) is 11.0 Å². The lowest BCUT2D eigenvalue weighted by Gasteiger charge is -2.20. The minimum Gasteiger partial charge on any atom is -0.385 e. The van der Waals surface area contributed by atoms with Crippen LogP contribution in [0.4, 0.5) is 5.69 Å². The molecule has 1 aromatic carbocycles. The Hall–Kier alpha value is -2.89. The van der Waals surface area contributed by atoms with Crippen LogP contribution < -0.4 is 10.6 Å². The van der Waals surface area contributed by atoms with E-state index in [1.807, 2.05) is 48.0 Å². The summed E-state index contributed by atoms with van der Waals surface area (Å²) < 4.78 is 1.93. The number of aryl methyl sites for hydroxylation is 1. The van der Waals surface area contributed by atoms with Crippen LogP contribution in [0, 0.1) is 6.92 Å². The monoisotopic (exact) mass is 407 g/mol. The number of hydrogen-bond acceptors (Lipinski definition) is 4. The van der Waals surface area contributed by atoms with Gasteiger partial charge in [0.1, 0.15) is 0 Å². The zero-order chi connectivity index (χ0) is 21.9. The van der Waals surface area contributed by atoms with Gasteiger partial charge in [-0.2, -0.15) is 5.10 Å². The van der Waals surface area contributed by atoms with Crippen LogP contribution in [0.15, 0.2) is 36.4 Å². The maximum Gasteiger partial charge on any atom is 0.252 e. The molecule has 0 atom stereocenters. The minimum absolute atomic E-state index is 0.0689. The fourth-order valence-electron chi connectivity index (χ4n) is 3.43. The number of aromatic nitrogens is 3. The van der Waals surface area contributed by atoms with Crippen molar-refractivity contribution in [2.24, 2.45) is 0 Å². The molecule has 160 valence electrons. The van der Waals surface area contributed by atoms with Crippen molar-refractivity contribution in [3.05, 3.63) is 53.3 Å². The molecule has 0 fully saturated rings. The Morgan fingerprint density at radius 1 is 1.13 bits per heavy atom. The van der Waals surface area contributed by atoms with Crippen molar-refractivity contribution in [2.45, 2.75) is 59.4 Å². The molecule has 30 heavy (non-hydrogen) atoms. The van der Waals surface area contributed by atoms with Crippen LogP contribution in [0.2, 0.25) is 0 Å². The van der Waals surface area contributed by atoms with Crippen LogP contribution in [-0.4, -0.2) is 33.8 Å². The molecule has 0 unspecified atom stereocenters. The highest BCUT2D eigenvalue weighted by Crippen LogP contribution is 2.28. The third-order valence-electron chi connectivity index (χ3n) is 5.05. The SMILES string of the molecule is Cc1nn(C(C)(C)C)c2nc(C(C)C)cc(C(=O)NCCCNc3ccccc3)c12. The number of carbonyl (C=O) groups is 1. The molecular weight excluding hydrogens is 374 g/mol. The zero-order valence-electron chi connectivity index (χ0n) is 18.9. The molecule has 0 aliphatic carbocycles. The number of para-hydroxylation sites is 1. The normalized spacial score (nSPS) is 11.8. The van der Waals surface area contributed by atoms with Crippen molar-refractivity contribution in [1.82, 2.24) is 20.1 Å². The highest BCUT2D eigenvalue weighted by Gasteiger charge is 2.25. The van der Waals surface area contributed by atoms with Crippen molar-refractivity contribution in [2.75, 3.05) is 18.4 Å². The Kier molecular flexibility index (Phi) is 6.44. The molecule has 3 rings (SSSR count). The second-order valence-electron chi connectivity index (χ2n) is 9.02. The Morgan fingerprint density at radius 3 is 2.47 bits per heavy atom. The first-order valence-corrected chi connectivity index (χ1v) is 10.7. The van der Waals surface area contributed by atoms with Gasteiger partial charge in [0.15, 0.2) is 5.65 Å². The zero-order valence-corrected chi connectivity index (χ0v) is 18.9. The second kappa shape index (κ2) is 8.86. The van der Waals surface area contributed by atoms with Gasteiger partial charge in [-0.1, -0.05) is 32.0 Å². The molecule has 0 aliphatic heterocycles. The molecule has 0 spiro atoms. The number of anilines is 1. The van der Waals surface area contributed by atoms with Crippen molar-refractivity contribution < 1.29 is 4.79 Å². The van der Waals surface area contributed by atoms with Gasteiger partial charge in [-0.05, 0) is 58.2 Å². The molecule has 0 saturated carbocycles. The number of benzene rings is 1. The van der Waals surface area contributed by atoms with Gasteiger partial charge < -0.3 is 10.6 Å². The van der Waals surface area contributed by atoms with Crippen molar-refractivity contribution in [3.8, 4) is 0 Å². The summed E-state index contributed by atoms with van der Waals surface area (Å²) in [5, 5.41) is 12.0. The van der Waals surface area contributed by atoms with E-state index in [1.54, 1.807) is 0 Å². The smallest absolute Gasteiger partial charge is 0.252 e. The van der Waals surface area contributed by atoms with Gasteiger partial charge in [-0.3, -0.25) is 4.79 Å². The third-order valence-corrected chi connectivity index (χ3v) is 5.05. The highest BCUT2D eigenvalue weighted by atomic mass is 16.1. The van der Waals surface area contributed by atoms with Gasteiger partial charge in [0, 0.05) is 24.5 Å². The summed E-state index contributed by atoms with van der Waals surface area (Å²) in [6.07, 6.45) is 0.839. The molecular formula is C24H33N5O. The van der Waals surface area contributed by atoms with Crippen molar-refractivity contribution >= 4 is 22.6 Å². The quantitative estimate of drug-likeness (QED) is 0.549. The first-order chi connectivity index (χ1) is 14.2. The van der Waals surface area contributed by atoms with E-state index in [9.17, 15) is 4.79 Å². The Bertz CT molecular complexity index is 1020. The molecule has 6 nitrogen and oxygen atoms in total. The summed E-state index contributed by atoms with van der Waals surface area (Å²) in [4.78, 5) is 17.9. The molecule has 1 amide bonds. The van der Waals surface area contributed by atoms with E-state index in [4.69, 9.17) is 10.1 Å². The summed E-state index contributed by atoms with van der Waals surface area (Å²) in [6, 6.07) is 12.0. The molecule has 0 bridgehead atoms. The van der Waals surface area contributed by atoms with Crippen LogP contribution in [0.5, 0.6) is 0 Å². The molecule has 0 saturated heterocycles. The fourth-order valence-corrected chi connectivity index (χ4v) is 3.43. The van der Waals surface area contributed by atoms with E-state index in [-0.39, 0.29) is 17.4 Å². The van der Waals surface area contributed by atoms with Crippen molar-refractivity contribution in [3.63, 3.8) is 0 Å². The van der Waals surface area contributed by atoms with Gasteiger partial charge in [-0.25, -0.2) is 9.67 Å². The lowest BCUT2D eigenvalue weighted by molar-refractivity contribution is 0.0955. The highest BCUT2D eigenvalue weighted by molar-refractivity contribution is 6.06. The maximum atomic E-state index is 13.1. The number of amides is 1. The molecule has 2 heterocycles. The average molecular weight is 408 g/mol. The van der Waals surface area contributed by atoms with Gasteiger partial charge in [0.2, 0.25) is 0 Å². The summed E-state index contributed by atoms with van der Waals surface area (Å²) >= 11 is 0. The average Bonchev–Trinajstić information content (AvgIpc) is 3.05. The summed E-state index contributed by atoms with van der Waals surface area (Å²) in [5.41, 5.74) is 4.05. The Balaban J connectivity index is 1.78. The van der Waals surface area contributed by atoms with E-state index in [0.29, 0.717) is 12.1 Å². The Labute approximate surface area is 179 Å². The number of nitrogens with zero attached hydrogens (tertiary/aromatic N) is 3. The number of fused-ring (bicyclic) bond motifs is 1. The molecule has 6 heteroatoms. The first-order valence-electron chi connectivity index (χ1n) is 10.7. The van der Waals surface area contributed by atoms with Crippen LogP contribution >= 0.6 is 0 Å². The number of hydrogen-bond donors (Lipinski definition) is 2. The molecule has 3 aromatic rings. The van der Waals surface area contributed by atoms with E-state index >= 15 is 0 Å². The predicted molar refractivity (Wildman–Crippen MR) is 123 cm³/mol. The van der Waals surface area contributed by atoms with Gasteiger partial charge in [0.05, 0.1) is 22.2 Å². The summed E-state index contributed by atoms with van der Waals surface area (Å²) in [7, 11) is 0. The van der Waals surface area contributed by atoms with E-state index in [0.717, 1.165) is 41.1 Å². The largest absolute Gasteiger partial charge is 0.385 e. The van der Waals surface area contributed by atoms with Crippen LogP contribution in [0.1, 0.15) is 68.7 Å². The van der Waals surface area contributed by atoms with Gasteiger partial charge >= 0.3 is 0 Å². The third kappa shape index (κ3) is 4.81. The maximum absolute atomic E-state index is 13.1. The van der Waals surface area contributed by atoms with E-state index in [2.05, 4.69) is 45.3 Å². The lowest BCUT2D eigenvalue weighted by Crippen LogP contribution is -2.27. The summed E-state index contributed by atoms with van der Waals surface area (Å²) in [5.74, 6) is 0.153. The van der Waals surface area contributed by atoms with Gasteiger partial charge in [0.25, 0.3) is 5.91 Å². The fraction of sp³-hybridized carbons (Fsp3) is 0.458. The second-order valence-corrected chi connectivity index (χ2v) is 9.02. The van der Waals surface area contributed by atoms with Crippen LogP contribution in [0.3, 0.4) is 0 Å². The van der Waals surface area contributed by atoms with E-state index < -0.39 is 0 Å².